The summed E-state index contributed by atoms with van der Waals surface area (Å²) in [5.41, 5.74) is -0.569. The standard InChI is InChI=1S/C34H38F3N7O5S/c1-33(2,3)49-32(47)42-29-26(41-28(50-29)22-12-8-13-23(18-22)34(35,36)37)27(45)40-25-19-38-43(4)30(25)44-16-9-14-24(15-17-44)39-31(46)48-20-21-10-6-5-7-11-21/h5-8,10-13,18-19,24H,9,14-17,20H2,1-4H3,(H,39,46)(H,40,45)(H,42,47). The van der Waals surface area contributed by atoms with Crippen LogP contribution >= 0.6 is 11.3 Å². The van der Waals surface area contributed by atoms with E-state index in [1.165, 1.54) is 18.3 Å². The number of anilines is 3. The van der Waals surface area contributed by atoms with Crippen molar-refractivity contribution in [2.45, 2.75) is 64.5 Å². The summed E-state index contributed by atoms with van der Waals surface area (Å²) in [7, 11) is 1.73. The number of thiazole rings is 1. The van der Waals surface area contributed by atoms with Crippen molar-refractivity contribution in [1.29, 1.82) is 0 Å². The van der Waals surface area contributed by atoms with E-state index in [9.17, 15) is 27.6 Å². The predicted molar refractivity (Wildman–Crippen MR) is 183 cm³/mol. The van der Waals surface area contributed by atoms with Crippen LogP contribution in [0.5, 0.6) is 0 Å². The van der Waals surface area contributed by atoms with Gasteiger partial charge in [0.25, 0.3) is 5.91 Å². The molecule has 0 spiro atoms. The van der Waals surface area contributed by atoms with Crippen molar-refractivity contribution in [3.63, 3.8) is 0 Å². The maximum atomic E-state index is 13.8. The first-order valence-corrected chi connectivity index (χ1v) is 16.7. The molecule has 50 heavy (non-hydrogen) atoms. The number of rotatable bonds is 8. The van der Waals surface area contributed by atoms with Crippen molar-refractivity contribution in [3.8, 4) is 10.6 Å². The van der Waals surface area contributed by atoms with Crippen LogP contribution in [0.2, 0.25) is 0 Å². The van der Waals surface area contributed by atoms with E-state index >= 15 is 0 Å². The Kier molecular flexibility index (Phi) is 11.0. The van der Waals surface area contributed by atoms with E-state index in [1.54, 1.807) is 32.5 Å². The minimum Gasteiger partial charge on any atom is -0.445 e. The van der Waals surface area contributed by atoms with Gasteiger partial charge in [0.1, 0.15) is 27.9 Å². The van der Waals surface area contributed by atoms with Crippen LogP contribution in [-0.4, -0.2) is 57.6 Å². The van der Waals surface area contributed by atoms with Crippen molar-refractivity contribution in [1.82, 2.24) is 20.1 Å². The van der Waals surface area contributed by atoms with E-state index in [1.807, 2.05) is 30.3 Å². The highest BCUT2D eigenvalue weighted by atomic mass is 32.1. The van der Waals surface area contributed by atoms with Gasteiger partial charge in [0, 0.05) is 31.7 Å². The normalized spacial score (nSPS) is 15.2. The molecule has 0 radical (unpaired) electrons. The summed E-state index contributed by atoms with van der Waals surface area (Å²) in [6.45, 7) is 6.32. The van der Waals surface area contributed by atoms with Crippen molar-refractivity contribution in [3.05, 3.63) is 77.6 Å². The van der Waals surface area contributed by atoms with E-state index in [4.69, 9.17) is 9.47 Å². The lowest BCUT2D eigenvalue weighted by Gasteiger charge is -2.24. The summed E-state index contributed by atoms with van der Waals surface area (Å²) < 4.78 is 52.7. The quantitative estimate of drug-likeness (QED) is 0.171. The summed E-state index contributed by atoms with van der Waals surface area (Å²) in [5.74, 6) is -0.101. The Bertz CT molecular complexity index is 1820. The molecule has 4 aromatic rings. The van der Waals surface area contributed by atoms with Crippen molar-refractivity contribution in [2.75, 3.05) is 28.6 Å². The van der Waals surface area contributed by atoms with Crippen molar-refractivity contribution >= 4 is 45.9 Å². The van der Waals surface area contributed by atoms with E-state index in [2.05, 4.69) is 30.9 Å². The number of carbonyl (C=O) groups excluding carboxylic acids is 3. The molecule has 2 aromatic heterocycles. The van der Waals surface area contributed by atoms with Gasteiger partial charge < -0.3 is 25.0 Å². The monoisotopic (exact) mass is 713 g/mol. The number of amides is 3. The molecule has 3 N–H and O–H groups in total. The number of carbonyl (C=O) groups is 3. The van der Waals surface area contributed by atoms with Crippen LogP contribution < -0.4 is 20.9 Å². The van der Waals surface area contributed by atoms with E-state index in [0.29, 0.717) is 37.4 Å². The van der Waals surface area contributed by atoms with Crippen LogP contribution in [0.4, 0.5) is 39.3 Å². The minimum absolute atomic E-state index is 0.00237. The second kappa shape index (κ2) is 15.2. The van der Waals surface area contributed by atoms with Gasteiger partial charge >= 0.3 is 18.4 Å². The molecule has 1 aliphatic rings. The number of nitrogens with one attached hydrogen (secondary N) is 3. The Morgan fingerprint density at radius 2 is 1.74 bits per heavy atom. The fourth-order valence-corrected chi connectivity index (χ4v) is 6.31. The number of alkyl carbamates (subject to hydrolysis) is 1. The van der Waals surface area contributed by atoms with Gasteiger partial charge in [-0.25, -0.2) is 14.6 Å². The van der Waals surface area contributed by atoms with Crippen LogP contribution in [0.25, 0.3) is 10.6 Å². The number of aryl methyl sites for hydroxylation is 1. The third-order valence-corrected chi connectivity index (χ3v) is 8.63. The molecule has 1 saturated heterocycles. The predicted octanol–water partition coefficient (Wildman–Crippen LogP) is 7.45. The lowest BCUT2D eigenvalue weighted by molar-refractivity contribution is -0.137. The molecule has 3 amide bonds. The summed E-state index contributed by atoms with van der Waals surface area (Å²) in [5, 5.41) is 12.7. The third-order valence-electron chi connectivity index (χ3n) is 7.61. The van der Waals surface area contributed by atoms with Gasteiger partial charge in [0.05, 0.1) is 11.8 Å². The van der Waals surface area contributed by atoms with Gasteiger partial charge in [0.2, 0.25) is 0 Å². The first-order valence-electron chi connectivity index (χ1n) is 15.9. The van der Waals surface area contributed by atoms with Gasteiger partial charge in [-0.3, -0.25) is 14.8 Å². The maximum absolute atomic E-state index is 13.8. The Morgan fingerprint density at radius 3 is 2.46 bits per heavy atom. The number of halogens is 3. The van der Waals surface area contributed by atoms with Crippen LogP contribution in [-0.2, 0) is 29.3 Å². The highest BCUT2D eigenvalue weighted by Gasteiger charge is 2.32. The smallest absolute Gasteiger partial charge is 0.416 e. The average Bonchev–Trinajstić information content (AvgIpc) is 3.55. The first kappa shape index (κ1) is 36.2. The molecular weight excluding hydrogens is 675 g/mol. The zero-order valence-electron chi connectivity index (χ0n) is 28.0. The first-order chi connectivity index (χ1) is 23.7. The lowest BCUT2D eigenvalue weighted by Crippen LogP contribution is -2.36. The molecule has 1 aliphatic heterocycles. The van der Waals surface area contributed by atoms with Gasteiger partial charge in [-0.1, -0.05) is 53.8 Å². The lowest BCUT2D eigenvalue weighted by atomic mass is 10.1. The molecule has 0 aliphatic carbocycles. The van der Waals surface area contributed by atoms with Crippen LogP contribution in [0, 0.1) is 0 Å². The average molecular weight is 714 g/mol. The topological polar surface area (TPSA) is 140 Å². The molecule has 2 aromatic carbocycles. The number of ether oxygens (including phenoxy) is 2. The third kappa shape index (κ3) is 9.52. The van der Waals surface area contributed by atoms with E-state index < -0.39 is 35.4 Å². The molecule has 0 saturated carbocycles. The van der Waals surface area contributed by atoms with Gasteiger partial charge in [-0.15, -0.1) is 0 Å². The molecule has 3 heterocycles. The number of nitrogens with zero attached hydrogens (tertiary/aromatic N) is 4. The number of aromatic nitrogens is 3. The SMILES string of the molecule is Cn1ncc(NC(=O)c2nc(-c3cccc(C(F)(F)F)c3)sc2NC(=O)OC(C)(C)C)c1N1CCCC(NC(=O)OCc2ccccc2)CC1. The molecule has 12 nitrogen and oxygen atoms in total. The minimum atomic E-state index is -4.59. The van der Waals surface area contributed by atoms with Gasteiger partial charge in [-0.05, 0) is 57.7 Å². The highest BCUT2D eigenvalue weighted by Crippen LogP contribution is 2.37. The second-order valence-corrected chi connectivity index (χ2v) is 13.7. The maximum Gasteiger partial charge on any atom is 0.416 e. The summed E-state index contributed by atoms with van der Waals surface area (Å²) in [6.07, 6.45) is -2.40. The Morgan fingerprint density at radius 1 is 0.980 bits per heavy atom. The molecule has 1 fully saturated rings. The fraction of sp³-hybridized carbons (Fsp3) is 0.382. The zero-order valence-corrected chi connectivity index (χ0v) is 28.8. The molecule has 0 bridgehead atoms. The molecular formula is C34H38F3N7O5S. The Hall–Kier alpha value is -5.12. The van der Waals surface area contributed by atoms with Crippen molar-refractivity contribution in [2.24, 2.45) is 7.05 Å². The number of hydrogen-bond donors (Lipinski definition) is 3. The van der Waals surface area contributed by atoms with E-state index in [-0.39, 0.29) is 33.9 Å². The Labute approximate surface area is 291 Å². The van der Waals surface area contributed by atoms with E-state index in [0.717, 1.165) is 35.5 Å². The zero-order chi connectivity index (χ0) is 36.1. The van der Waals surface area contributed by atoms with Crippen LogP contribution in [0.15, 0.2) is 60.8 Å². The summed E-state index contributed by atoms with van der Waals surface area (Å²) in [4.78, 5) is 45.4. The Balaban J connectivity index is 1.31. The molecule has 1 unspecified atom stereocenters. The summed E-state index contributed by atoms with van der Waals surface area (Å²) >= 11 is 0.845. The van der Waals surface area contributed by atoms with Gasteiger partial charge in [-0.2, -0.15) is 18.3 Å². The van der Waals surface area contributed by atoms with Crippen LogP contribution in [0.3, 0.4) is 0 Å². The molecule has 266 valence electrons. The number of alkyl halides is 3. The van der Waals surface area contributed by atoms with Crippen LogP contribution in [0.1, 0.15) is 61.6 Å². The molecule has 5 rings (SSSR count). The fourth-order valence-electron chi connectivity index (χ4n) is 5.37. The second-order valence-electron chi connectivity index (χ2n) is 12.7. The molecule has 16 heteroatoms. The van der Waals surface area contributed by atoms with Crippen molar-refractivity contribution < 1.29 is 37.0 Å². The summed E-state index contributed by atoms with van der Waals surface area (Å²) in [6, 6.07) is 13.8. The number of hydrogen-bond acceptors (Lipinski definition) is 9. The highest BCUT2D eigenvalue weighted by molar-refractivity contribution is 7.19. The van der Waals surface area contributed by atoms with Gasteiger partial charge in [0.15, 0.2) is 11.5 Å². The molecule has 1 atom stereocenters. The largest absolute Gasteiger partial charge is 0.445 e. The number of benzene rings is 2.